The molecule has 15 heavy (non-hydrogen) atoms. The molecule has 0 heterocycles. The Morgan fingerprint density at radius 3 is 2.53 bits per heavy atom. The van der Waals surface area contributed by atoms with E-state index in [1.807, 2.05) is 0 Å². The quantitative estimate of drug-likeness (QED) is 0.819. The number of hydrogen-bond acceptors (Lipinski definition) is 2. The summed E-state index contributed by atoms with van der Waals surface area (Å²) < 4.78 is 0. The molecule has 1 aromatic carbocycles. The first-order chi connectivity index (χ1) is 7.00. The SMILES string of the molecule is Cc1cccc(C(N)CN(C)C(C)C)c1. The number of nitrogens with two attached hydrogens (primary N) is 1. The first-order valence-corrected chi connectivity index (χ1v) is 5.53. The number of benzene rings is 1. The standard InChI is InChI=1S/C13H22N2/c1-10(2)15(4)9-13(14)12-7-5-6-11(3)8-12/h5-8,10,13H,9,14H2,1-4H3. The lowest BCUT2D eigenvalue weighted by molar-refractivity contribution is 0.257. The molecule has 1 unspecified atom stereocenters. The predicted molar refractivity (Wildman–Crippen MR) is 65.9 cm³/mol. The molecule has 0 radical (unpaired) electrons. The summed E-state index contributed by atoms with van der Waals surface area (Å²) in [6, 6.07) is 9.09. The van der Waals surface area contributed by atoms with Crippen LogP contribution in [0, 0.1) is 6.92 Å². The second-order valence-corrected chi connectivity index (χ2v) is 4.55. The minimum absolute atomic E-state index is 0.109. The average Bonchev–Trinajstić information content (AvgIpc) is 2.17. The van der Waals surface area contributed by atoms with Gasteiger partial charge in [0.05, 0.1) is 0 Å². The molecule has 0 amide bonds. The summed E-state index contributed by atoms with van der Waals surface area (Å²) in [6.45, 7) is 7.37. The average molecular weight is 206 g/mol. The molecule has 2 nitrogen and oxygen atoms in total. The van der Waals surface area contributed by atoms with E-state index in [4.69, 9.17) is 5.73 Å². The van der Waals surface area contributed by atoms with E-state index in [1.54, 1.807) is 0 Å². The zero-order valence-corrected chi connectivity index (χ0v) is 10.2. The smallest absolute Gasteiger partial charge is 0.0424 e. The van der Waals surface area contributed by atoms with Gasteiger partial charge >= 0.3 is 0 Å². The van der Waals surface area contributed by atoms with Crippen molar-refractivity contribution < 1.29 is 0 Å². The van der Waals surface area contributed by atoms with Crippen LogP contribution in [0.3, 0.4) is 0 Å². The molecule has 2 heteroatoms. The van der Waals surface area contributed by atoms with Gasteiger partial charge in [0.1, 0.15) is 0 Å². The monoisotopic (exact) mass is 206 g/mol. The number of rotatable bonds is 4. The van der Waals surface area contributed by atoms with Crippen LogP contribution in [0.5, 0.6) is 0 Å². The summed E-state index contributed by atoms with van der Waals surface area (Å²) >= 11 is 0. The predicted octanol–water partition coefficient (Wildman–Crippen LogP) is 2.34. The molecule has 0 spiro atoms. The van der Waals surface area contributed by atoms with Crippen molar-refractivity contribution in [2.45, 2.75) is 32.9 Å². The van der Waals surface area contributed by atoms with Crippen LogP contribution in [0.25, 0.3) is 0 Å². The molecule has 0 aliphatic heterocycles. The van der Waals surface area contributed by atoms with Gasteiger partial charge in [0.2, 0.25) is 0 Å². The highest BCUT2D eigenvalue weighted by Crippen LogP contribution is 2.13. The van der Waals surface area contributed by atoms with Gasteiger partial charge in [-0.3, -0.25) is 0 Å². The number of aryl methyl sites for hydroxylation is 1. The molecular weight excluding hydrogens is 184 g/mol. The number of nitrogens with zero attached hydrogens (tertiary/aromatic N) is 1. The van der Waals surface area contributed by atoms with Crippen molar-refractivity contribution in [1.82, 2.24) is 4.90 Å². The maximum absolute atomic E-state index is 6.16. The Balaban J connectivity index is 2.64. The molecule has 0 saturated heterocycles. The van der Waals surface area contributed by atoms with Crippen molar-refractivity contribution in [2.75, 3.05) is 13.6 Å². The highest BCUT2D eigenvalue weighted by Gasteiger charge is 2.11. The molecule has 1 aromatic rings. The van der Waals surface area contributed by atoms with E-state index < -0.39 is 0 Å². The summed E-state index contributed by atoms with van der Waals surface area (Å²) in [5, 5.41) is 0. The molecule has 0 bridgehead atoms. The van der Waals surface area contributed by atoms with Crippen LogP contribution < -0.4 is 5.73 Å². The Morgan fingerprint density at radius 2 is 2.00 bits per heavy atom. The fraction of sp³-hybridized carbons (Fsp3) is 0.538. The molecule has 1 rings (SSSR count). The van der Waals surface area contributed by atoms with Crippen LogP contribution in [0.4, 0.5) is 0 Å². The molecular formula is C13H22N2. The normalized spacial score (nSPS) is 13.5. The van der Waals surface area contributed by atoms with Gasteiger partial charge in [0.25, 0.3) is 0 Å². The Labute approximate surface area is 93.1 Å². The van der Waals surface area contributed by atoms with E-state index in [0.29, 0.717) is 6.04 Å². The van der Waals surface area contributed by atoms with E-state index in [1.165, 1.54) is 11.1 Å². The zero-order chi connectivity index (χ0) is 11.4. The molecule has 0 aliphatic rings. The summed E-state index contributed by atoms with van der Waals surface area (Å²) in [5.41, 5.74) is 8.66. The van der Waals surface area contributed by atoms with Crippen LogP contribution in [0.2, 0.25) is 0 Å². The van der Waals surface area contributed by atoms with E-state index in [0.717, 1.165) is 6.54 Å². The van der Waals surface area contributed by atoms with E-state index >= 15 is 0 Å². The summed E-state index contributed by atoms with van der Waals surface area (Å²) in [7, 11) is 2.11. The third kappa shape index (κ3) is 3.65. The van der Waals surface area contributed by atoms with Crippen molar-refractivity contribution in [1.29, 1.82) is 0 Å². The van der Waals surface area contributed by atoms with E-state index in [-0.39, 0.29) is 6.04 Å². The molecule has 0 saturated carbocycles. The van der Waals surface area contributed by atoms with Gasteiger partial charge in [-0.2, -0.15) is 0 Å². The lowest BCUT2D eigenvalue weighted by atomic mass is 10.0. The summed E-state index contributed by atoms with van der Waals surface area (Å²) in [6.07, 6.45) is 0. The van der Waals surface area contributed by atoms with Crippen molar-refractivity contribution >= 4 is 0 Å². The van der Waals surface area contributed by atoms with Gasteiger partial charge in [0.15, 0.2) is 0 Å². The highest BCUT2D eigenvalue weighted by atomic mass is 15.1. The van der Waals surface area contributed by atoms with Crippen molar-refractivity contribution in [3.63, 3.8) is 0 Å². The van der Waals surface area contributed by atoms with Gasteiger partial charge < -0.3 is 10.6 Å². The summed E-state index contributed by atoms with van der Waals surface area (Å²) in [4.78, 5) is 2.27. The topological polar surface area (TPSA) is 29.3 Å². The zero-order valence-electron chi connectivity index (χ0n) is 10.2. The van der Waals surface area contributed by atoms with Gasteiger partial charge in [0, 0.05) is 18.6 Å². The maximum atomic E-state index is 6.16. The van der Waals surface area contributed by atoms with Crippen LogP contribution in [-0.4, -0.2) is 24.5 Å². The van der Waals surface area contributed by atoms with Crippen LogP contribution in [-0.2, 0) is 0 Å². The second-order valence-electron chi connectivity index (χ2n) is 4.55. The Hall–Kier alpha value is -0.860. The fourth-order valence-electron chi connectivity index (χ4n) is 1.53. The third-order valence-electron chi connectivity index (χ3n) is 2.84. The third-order valence-corrected chi connectivity index (χ3v) is 2.84. The van der Waals surface area contributed by atoms with Crippen molar-refractivity contribution in [3.05, 3.63) is 35.4 Å². The fourth-order valence-corrected chi connectivity index (χ4v) is 1.53. The molecule has 0 fully saturated rings. The van der Waals surface area contributed by atoms with Gasteiger partial charge in [-0.05, 0) is 33.4 Å². The van der Waals surface area contributed by atoms with E-state index in [2.05, 4.69) is 57.0 Å². The Bertz CT molecular complexity index is 307. The molecule has 1 atom stereocenters. The van der Waals surface area contributed by atoms with Crippen LogP contribution >= 0.6 is 0 Å². The lowest BCUT2D eigenvalue weighted by Gasteiger charge is -2.25. The molecule has 84 valence electrons. The van der Waals surface area contributed by atoms with Crippen molar-refractivity contribution in [3.8, 4) is 0 Å². The highest BCUT2D eigenvalue weighted by molar-refractivity contribution is 5.25. The molecule has 0 aromatic heterocycles. The second kappa shape index (κ2) is 5.29. The van der Waals surface area contributed by atoms with Gasteiger partial charge in [-0.25, -0.2) is 0 Å². The van der Waals surface area contributed by atoms with Crippen molar-refractivity contribution in [2.24, 2.45) is 5.73 Å². The lowest BCUT2D eigenvalue weighted by Crippen LogP contribution is -2.33. The van der Waals surface area contributed by atoms with Crippen LogP contribution in [0.1, 0.15) is 31.0 Å². The summed E-state index contributed by atoms with van der Waals surface area (Å²) in [5.74, 6) is 0. The Kier molecular flexibility index (Phi) is 4.30. The largest absolute Gasteiger partial charge is 0.323 e. The number of hydrogen-bond donors (Lipinski definition) is 1. The maximum Gasteiger partial charge on any atom is 0.0424 e. The number of likely N-dealkylation sites (N-methyl/N-ethyl adjacent to an activating group) is 1. The first kappa shape index (κ1) is 12.2. The van der Waals surface area contributed by atoms with E-state index in [9.17, 15) is 0 Å². The molecule has 0 aliphatic carbocycles. The molecule has 2 N–H and O–H groups in total. The Morgan fingerprint density at radius 1 is 1.33 bits per heavy atom. The van der Waals surface area contributed by atoms with Crippen LogP contribution in [0.15, 0.2) is 24.3 Å². The van der Waals surface area contributed by atoms with Gasteiger partial charge in [-0.15, -0.1) is 0 Å². The minimum Gasteiger partial charge on any atom is -0.323 e. The first-order valence-electron chi connectivity index (χ1n) is 5.53. The van der Waals surface area contributed by atoms with Gasteiger partial charge in [-0.1, -0.05) is 29.8 Å². The minimum atomic E-state index is 0.109.